The van der Waals surface area contributed by atoms with E-state index in [1.165, 1.54) is 12.1 Å². The van der Waals surface area contributed by atoms with Crippen molar-refractivity contribution in [3.63, 3.8) is 0 Å². The highest BCUT2D eigenvalue weighted by Gasteiger charge is 2.21. The molecule has 0 amide bonds. The summed E-state index contributed by atoms with van der Waals surface area (Å²) in [6, 6.07) is 7.39. The van der Waals surface area contributed by atoms with E-state index in [0.29, 0.717) is 43.1 Å². The molecule has 6 nitrogen and oxygen atoms in total. The maximum absolute atomic E-state index is 13.5. The van der Waals surface area contributed by atoms with E-state index in [9.17, 15) is 13.6 Å². The molecule has 3 aromatic rings. The molecule has 4 rings (SSSR count). The Kier molecular flexibility index (Phi) is 6.61. The van der Waals surface area contributed by atoms with Crippen LogP contribution in [0, 0.1) is 22.1 Å². The predicted molar refractivity (Wildman–Crippen MR) is 123 cm³/mol. The number of anilines is 1. The molecule has 9 heteroatoms. The normalized spacial score (nSPS) is 14.8. The first-order chi connectivity index (χ1) is 14.9. The van der Waals surface area contributed by atoms with Gasteiger partial charge in [0.05, 0.1) is 21.0 Å². The molecule has 1 fully saturated rings. The SMILES string of the molecule is Cc1c(C(=O)CCN2CCN(c3cc(F)cc(F)c3)CC2)cnn1-c1ncccc1I. The zero-order valence-electron chi connectivity index (χ0n) is 17.1. The standard InChI is InChI=1S/C22H22F2IN5O/c1-15-19(14-27-30(15)22-20(25)3-2-5-26-22)21(31)4-6-28-7-9-29(10-8-28)18-12-16(23)11-17(24)13-18/h2-3,5,11-14H,4,6-10H2,1H3. The summed E-state index contributed by atoms with van der Waals surface area (Å²) in [6.45, 7) is 5.29. The van der Waals surface area contributed by atoms with Crippen LogP contribution in [0.1, 0.15) is 22.5 Å². The number of rotatable bonds is 6. The third kappa shape index (κ3) is 4.93. The molecule has 3 heterocycles. The van der Waals surface area contributed by atoms with Crippen molar-refractivity contribution in [1.29, 1.82) is 0 Å². The van der Waals surface area contributed by atoms with Crippen LogP contribution in [-0.2, 0) is 0 Å². The number of aromatic nitrogens is 3. The average molecular weight is 537 g/mol. The monoisotopic (exact) mass is 537 g/mol. The van der Waals surface area contributed by atoms with Gasteiger partial charge in [0.2, 0.25) is 0 Å². The fourth-order valence-electron chi connectivity index (χ4n) is 3.78. The van der Waals surface area contributed by atoms with Crippen LogP contribution in [0.25, 0.3) is 5.82 Å². The van der Waals surface area contributed by atoms with E-state index in [2.05, 4.69) is 37.6 Å². The molecule has 1 aliphatic heterocycles. The zero-order chi connectivity index (χ0) is 22.0. The summed E-state index contributed by atoms with van der Waals surface area (Å²) in [5.74, 6) is -0.382. The van der Waals surface area contributed by atoms with Gasteiger partial charge >= 0.3 is 0 Å². The third-order valence-electron chi connectivity index (χ3n) is 5.49. The fourth-order valence-corrected chi connectivity index (χ4v) is 4.35. The van der Waals surface area contributed by atoms with Crippen molar-refractivity contribution in [3.8, 4) is 5.82 Å². The summed E-state index contributed by atoms with van der Waals surface area (Å²) in [5, 5.41) is 4.37. The molecule has 2 aromatic heterocycles. The molecule has 162 valence electrons. The van der Waals surface area contributed by atoms with Crippen molar-refractivity contribution in [2.45, 2.75) is 13.3 Å². The second-order valence-corrected chi connectivity index (χ2v) is 8.66. The highest BCUT2D eigenvalue weighted by Crippen LogP contribution is 2.21. The van der Waals surface area contributed by atoms with Crippen LogP contribution < -0.4 is 4.90 Å². The van der Waals surface area contributed by atoms with E-state index in [0.717, 1.165) is 28.4 Å². The Morgan fingerprint density at radius 2 is 1.84 bits per heavy atom. The topological polar surface area (TPSA) is 54.3 Å². The molecule has 1 aromatic carbocycles. The second kappa shape index (κ2) is 9.39. The molecular formula is C22H22F2IN5O. The Bertz CT molecular complexity index is 1080. The van der Waals surface area contributed by atoms with Gasteiger partial charge in [0.15, 0.2) is 11.6 Å². The van der Waals surface area contributed by atoms with Gasteiger partial charge < -0.3 is 4.90 Å². The highest BCUT2D eigenvalue weighted by atomic mass is 127. The van der Waals surface area contributed by atoms with Gasteiger partial charge in [-0.3, -0.25) is 9.69 Å². The van der Waals surface area contributed by atoms with E-state index >= 15 is 0 Å². The van der Waals surface area contributed by atoms with Crippen LogP contribution in [0.3, 0.4) is 0 Å². The van der Waals surface area contributed by atoms with Crippen LogP contribution in [-0.4, -0.2) is 58.2 Å². The predicted octanol–water partition coefficient (Wildman–Crippen LogP) is 3.85. The van der Waals surface area contributed by atoms with E-state index in [4.69, 9.17) is 0 Å². The number of carbonyl (C=O) groups is 1. The number of carbonyl (C=O) groups excluding carboxylic acids is 1. The minimum atomic E-state index is -0.570. The quantitative estimate of drug-likeness (QED) is 0.354. The number of pyridine rings is 1. The lowest BCUT2D eigenvalue weighted by atomic mass is 10.1. The lowest BCUT2D eigenvalue weighted by Crippen LogP contribution is -2.47. The lowest BCUT2D eigenvalue weighted by molar-refractivity contribution is 0.0962. The highest BCUT2D eigenvalue weighted by molar-refractivity contribution is 14.1. The summed E-state index contributed by atoms with van der Waals surface area (Å²) >= 11 is 2.20. The number of Topliss-reactive ketones (excluding diaryl/α,β-unsaturated/α-hetero) is 1. The summed E-state index contributed by atoms with van der Waals surface area (Å²) in [4.78, 5) is 21.3. The second-order valence-electron chi connectivity index (χ2n) is 7.49. The molecule has 0 unspecified atom stereocenters. The van der Waals surface area contributed by atoms with E-state index in [-0.39, 0.29) is 5.78 Å². The first-order valence-electron chi connectivity index (χ1n) is 10.0. The Labute approximate surface area is 193 Å². The van der Waals surface area contributed by atoms with Gasteiger partial charge in [0, 0.05) is 57.1 Å². The maximum atomic E-state index is 13.5. The molecule has 0 bridgehead atoms. The van der Waals surface area contributed by atoms with Crippen LogP contribution in [0.2, 0.25) is 0 Å². The van der Waals surface area contributed by atoms with Crippen molar-refractivity contribution in [3.05, 3.63) is 69.2 Å². The van der Waals surface area contributed by atoms with Crippen LogP contribution in [0.5, 0.6) is 0 Å². The lowest BCUT2D eigenvalue weighted by Gasteiger charge is -2.36. The van der Waals surface area contributed by atoms with Crippen molar-refractivity contribution in [2.75, 3.05) is 37.6 Å². The average Bonchev–Trinajstić information content (AvgIpc) is 3.13. The zero-order valence-corrected chi connectivity index (χ0v) is 19.2. The molecule has 0 aliphatic carbocycles. The van der Waals surface area contributed by atoms with Crippen LogP contribution in [0.4, 0.5) is 14.5 Å². The summed E-state index contributed by atoms with van der Waals surface area (Å²) in [5.41, 5.74) is 1.94. The number of halogens is 3. The Morgan fingerprint density at radius 1 is 1.13 bits per heavy atom. The Balaban J connectivity index is 1.33. The van der Waals surface area contributed by atoms with Gasteiger partial charge in [-0.05, 0) is 53.8 Å². The van der Waals surface area contributed by atoms with Gasteiger partial charge in [-0.2, -0.15) is 5.10 Å². The van der Waals surface area contributed by atoms with Gasteiger partial charge in [-0.1, -0.05) is 0 Å². The molecule has 1 aliphatic rings. The molecule has 0 spiro atoms. The molecule has 1 saturated heterocycles. The Morgan fingerprint density at radius 3 is 2.52 bits per heavy atom. The summed E-state index contributed by atoms with van der Waals surface area (Å²) in [6.07, 6.45) is 3.71. The number of nitrogens with zero attached hydrogens (tertiary/aromatic N) is 5. The number of hydrogen-bond acceptors (Lipinski definition) is 5. The number of piperazine rings is 1. The van der Waals surface area contributed by atoms with Crippen molar-refractivity contribution >= 4 is 34.1 Å². The molecular weight excluding hydrogens is 515 g/mol. The number of ketones is 1. The first-order valence-corrected chi connectivity index (χ1v) is 11.1. The molecule has 0 saturated carbocycles. The number of benzene rings is 1. The van der Waals surface area contributed by atoms with Gasteiger partial charge in [-0.25, -0.2) is 18.4 Å². The maximum Gasteiger partial charge on any atom is 0.167 e. The third-order valence-corrected chi connectivity index (χ3v) is 6.33. The van der Waals surface area contributed by atoms with Gasteiger partial charge in [-0.15, -0.1) is 0 Å². The molecule has 31 heavy (non-hydrogen) atoms. The Hall–Kier alpha value is -2.40. The summed E-state index contributed by atoms with van der Waals surface area (Å²) in [7, 11) is 0. The van der Waals surface area contributed by atoms with Crippen molar-refractivity contribution in [2.24, 2.45) is 0 Å². The minimum Gasteiger partial charge on any atom is -0.369 e. The van der Waals surface area contributed by atoms with E-state index < -0.39 is 11.6 Å². The van der Waals surface area contributed by atoms with E-state index in [1.54, 1.807) is 17.1 Å². The molecule has 0 radical (unpaired) electrons. The van der Waals surface area contributed by atoms with Crippen molar-refractivity contribution in [1.82, 2.24) is 19.7 Å². The van der Waals surface area contributed by atoms with Gasteiger partial charge in [0.25, 0.3) is 0 Å². The smallest absolute Gasteiger partial charge is 0.167 e. The minimum absolute atomic E-state index is 0.0457. The van der Waals surface area contributed by atoms with Crippen LogP contribution >= 0.6 is 22.6 Å². The van der Waals surface area contributed by atoms with Gasteiger partial charge in [0.1, 0.15) is 11.6 Å². The molecule has 0 N–H and O–H groups in total. The summed E-state index contributed by atoms with van der Waals surface area (Å²) < 4.78 is 29.6. The fraction of sp³-hybridized carbons (Fsp3) is 0.318. The largest absolute Gasteiger partial charge is 0.369 e. The first kappa shape index (κ1) is 21.8. The van der Waals surface area contributed by atoms with Crippen LogP contribution in [0.15, 0.2) is 42.7 Å². The molecule has 0 atom stereocenters. The van der Waals surface area contributed by atoms with E-state index in [1.807, 2.05) is 24.0 Å². The van der Waals surface area contributed by atoms with Crippen molar-refractivity contribution < 1.29 is 13.6 Å². The number of hydrogen-bond donors (Lipinski definition) is 0.